The first kappa shape index (κ1) is 11.0. The Morgan fingerprint density at radius 2 is 1.69 bits per heavy atom. The molecule has 3 nitrogen and oxygen atoms in total. The monoisotopic (exact) mass is 307 g/mol. The summed E-state index contributed by atoms with van der Waals surface area (Å²) >= 11 is 6.69. The minimum Gasteiger partial charge on any atom is -0.397 e. The van der Waals surface area contributed by atoms with Gasteiger partial charge in [0, 0.05) is 21.5 Å². The Kier molecular flexibility index (Phi) is 3.73. The van der Waals surface area contributed by atoms with Crippen LogP contribution in [0.5, 0.6) is 0 Å². The molecule has 13 heavy (non-hydrogen) atoms. The van der Waals surface area contributed by atoms with Crippen LogP contribution in [0, 0.1) is 0 Å². The zero-order valence-electron chi connectivity index (χ0n) is 6.93. The van der Waals surface area contributed by atoms with Crippen LogP contribution in [-0.4, -0.2) is 6.54 Å². The Bertz CT molecular complexity index is 291. The van der Waals surface area contributed by atoms with E-state index in [2.05, 4.69) is 31.9 Å². The van der Waals surface area contributed by atoms with Gasteiger partial charge in [0.25, 0.3) is 0 Å². The Hall–Kier alpha value is -0.100. The Morgan fingerprint density at radius 1 is 1.23 bits per heavy atom. The molecule has 0 saturated carbocycles. The molecule has 6 N–H and O–H groups in total. The molecule has 0 bridgehead atoms. The summed E-state index contributed by atoms with van der Waals surface area (Å²) in [6.45, 7) is 0.419. The van der Waals surface area contributed by atoms with Crippen molar-refractivity contribution in [1.29, 1.82) is 0 Å². The van der Waals surface area contributed by atoms with Crippen LogP contribution in [-0.2, 0) is 0 Å². The molecule has 1 aromatic carbocycles. The number of hydrogen-bond acceptors (Lipinski definition) is 3. The van der Waals surface area contributed by atoms with E-state index in [9.17, 15) is 0 Å². The van der Waals surface area contributed by atoms with E-state index in [-0.39, 0.29) is 6.04 Å². The third-order valence-corrected chi connectivity index (χ3v) is 3.10. The first-order chi connectivity index (χ1) is 6.06. The molecule has 0 amide bonds. The van der Waals surface area contributed by atoms with E-state index in [1.165, 1.54) is 0 Å². The Labute approximate surface area is 93.9 Å². The fourth-order valence-electron chi connectivity index (χ4n) is 0.954. The molecule has 72 valence electrons. The number of hydrogen-bond donors (Lipinski definition) is 3. The lowest BCUT2D eigenvalue weighted by Gasteiger charge is -2.11. The van der Waals surface area contributed by atoms with Crippen LogP contribution in [0.15, 0.2) is 21.1 Å². The number of anilines is 1. The summed E-state index contributed by atoms with van der Waals surface area (Å²) < 4.78 is 1.67. The summed E-state index contributed by atoms with van der Waals surface area (Å²) in [6.07, 6.45) is 0. The lowest BCUT2D eigenvalue weighted by atomic mass is 10.1. The molecule has 0 unspecified atom stereocenters. The molecule has 1 aromatic rings. The Morgan fingerprint density at radius 3 is 2.08 bits per heavy atom. The minimum absolute atomic E-state index is 0.145. The van der Waals surface area contributed by atoms with Crippen LogP contribution in [0.25, 0.3) is 0 Å². The highest BCUT2D eigenvalue weighted by Gasteiger charge is 2.08. The van der Waals surface area contributed by atoms with Gasteiger partial charge in [-0.05, 0) is 49.6 Å². The van der Waals surface area contributed by atoms with Crippen molar-refractivity contribution in [2.24, 2.45) is 11.5 Å². The molecular weight excluding hydrogens is 298 g/mol. The first-order valence-electron chi connectivity index (χ1n) is 3.76. The summed E-state index contributed by atoms with van der Waals surface area (Å²) in [6, 6.07) is 3.63. The highest BCUT2D eigenvalue weighted by molar-refractivity contribution is 9.11. The molecule has 0 aromatic heterocycles. The number of halogens is 2. The van der Waals surface area contributed by atoms with Gasteiger partial charge in [-0.2, -0.15) is 0 Å². The van der Waals surface area contributed by atoms with Crippen molar-refractivity contribution >= 4 is 37.5 Å². The highest BCUT2D eigenvalue weighted by Crippen LogP contribution is 2.31. The second-order valence-electron chi connectivity index (χ2n) is 2.74. The zero-order chi connectivity index (χ0) is 10.0. The van der Waals surface area contributed by atoms with Gasteiger partial charge < -0.3 is 17.2 Å². The molecule has 0 radical (unpaired) electrons. The van der Waals surface area contributed by atoms with Crippen LogP contribution in [0.1, 0.15) is 11.6 Å². The number of nitrogen functional groups attached to an aromatic ring is 1. The van der Waals surface area contributed by atoms with E-state index < -0.39 is 0 Å². The average Bonchev–Trinajstić information content (AvgIpc) is 2.12. The maximum absolute atomic E-state index is 5.77. The third kappa shape index (κ3) is 2.43. The van der Waals surface area contributed by atoms with Crippen molar-refractivity contribution in [3.05, 3.63) is 26.6 Å². The summed E-state index contributed by atoms with van der Waals surface area (Å²) in [4.78, 5) is 0. The van der Waals surface area contributed by atoms with E-state index in [1.807, 2.05) is 12.1 Å². The topological polar surface area (TPSA) is 78.1 Å². The van der Waals surface area contributed by atoms with Crippen molar-refractivity contribution in [2.45, 2.75) is 6.04 Å². The van der Waals surface area contributed by atoms with Gasteiger partial charge in [0.2, 0.25) is 0 Å². The molecule has 1 atom stereocenters. The molecule has 0 spiro atoms. The molecule has 0 fully saturated rings. The number of rotatable bonds is 2. The van der Waals surface area contributed by atoms with Crippen molar-refractivity contribution in [3.8, 4) is 0 Å². The normalized spacial score (nSPS) is 12.9. The summed E-state index contributed by atoms with van der Waals surface area (Å²) in [5, 5.41) is 0. The first-order valence-corrected chi connectivity index (χ1v) is 5.35. The maximum atomic E-state index is 5.77. The van der Waals surface area contributed by atoms with Gasteiger partial charge in [0.1, 0.15) is 0 Å². The predicted octanol–water partition coefficient (Wildman–Crippen LogP) is 1.75. The average molecular weight is 309 g/mol. The fourth-order valence-corrected chi connectivity index (χ4v) is 2.18. The van der Waals surface area contributed by atoms with Gasteiger partial charge in [-0.25, -0.2) is 0 Å². The fraction of sp³-hybridized carbons (Fsp3) is 0.250. The van der Waals surface area contributed by atoms with E-state index in [1.54, 1.807) is 0 Å². The van der Waals surface area contributed by atoms with Crippen LogP contribution < -0.4 is 17.2 Å². The summed E-state index contributed by atoms with van der Waals surface area (Å²) in [5.74, 6) is 0. The van der Waals surface area contributed by atoms with Crippen molar-refractivity contribution < 1.29 is 0 Å². The van der Waals surface area contributed by atoms with Crippen LogP contribution >= 0.6 is 31.9 Å². The van der Waals surface area contributed by atoms with Crippen molar-refractivity contribution in [2.75, 3.05) is 12.3 Å². The molecule has 0 aliphatic rings. The molecule has 1 rings (SSSR count). The van der Waals surface area contributed by atoms with E-state index in [0.717, 1.165) is 14.5 Å². The lowest BCUT2D eigenvalue weighted by Crippen LogP contribution is -2.20. The van der Waals surface area contributed by atoms with Crippen LogP contribution in [0.2, 0.25) is 0 Å². The number of nitrogens with two attached hydrogens (primary N) is 3. The minimum atomic E-state index is -0.145. The second kappa shape index (κ2) is 4.41. The maximum Gasteiger partial charge on any atom is 0.0603 e. The smallest absolute Gasteiger partial charge is 0.0603 e. The molecular formula is C8H11Br2N3. The molecule has 0 heterocycles. The van der Waals surface area contributed by atoms with E-state index in [4.69, 9.17) is 17.2 Å². The van der Waals surface area contributed by atoms with Crippen LogP contribution in [0.4, 0.5) is 5.69 Å². The molecule has 5 heteroatoms. The highest BCUT2D eigenvalue weighted by atomic mass is 79.9. The number of benzene rings is 1. The quantitative estimate of drug-likeness (QED) is 0.728. The van der Waals surface area contributed by atoms with Gasteiger partial charge in [0.05, 0.1) is 5.69 Å². The van der Waals surface area contributed by atoms with Gasteiger partial charge in [-0.15, -0.1) is 0 Å². The van der Waals surface area contributed by atoms with Crippen molar-refractivity contribution in [1.82, 2.24) is 0 Å². The van der Waals surface area contributed by atoms with Gasteiger partial charge in [-0.1, -0.05) is 0 Å². The van der Waals surface area contributed by atoms with E-state index in [0.29, 0.717) is 12.2 Å². The largest absolute Gasteiger partial charge is 0.397 e. The Balaban J connectivity index is 3.13. The van der Waals surface area contributed by atoms with Crippen LogP contribution in [0.3, 0.4) is 0 Å². The van der Waals surface area contributed by atoms with Gasteiger partial charge in [0.15, 0.2) is 0 Å². The SMILES string of the molecule is NC[C@@H](N)c1cc(Br)c(N)c(Br)c1. The molecule has 0 aliphatic heterocycles. The second-order valence-corrected chi connectivity index (χ2v) is 4.45. The van der Waals surface area contributed by atoms with Gasteiger partial charge in [-0.3, -0.25) is 0 Å². The third-order valence-electron chi connectivity index (χ3n) is 1.78. The zero-order valence-corrected chi connectivity index (χ0v) is 10.1. The summed E-state index contributed by atoms with van der Waals surface area (Å²) in [7, 11) is 0. The van der Waals surface area contributed by atoms with E-state index >= 15 is 0 Å². The standard InChI is InChI=1S/C8H11Br2N3/c9-5-1-4(7(12)3-11)2-6(10)8(5)13/h1-2,7H,3,11-13H2/t7-/m1/s1. The molecule has 0 aliphatic carbocycles. The summed E-state index contributed by atoms with van der Waals surface area (Å²) in [5.41, 5.74) is 18.6. The molecule has 0 saturated heterocycles. The lowest BCUT2D eigenvalue weighted by molar-refractivity contribution is 0.736. The van der Waals surface area contributed by atoms with Crippen molar-refractivity contribution in [3.63, 3.8) is 0 Å². The predicted molar refractivity (Wildman–Crippen MR) is 62.2 cm³/mol. The van der Waals surface area contributed by atoms with Gasteiger partial charge >= 0.3 is 0 Å².